The van der Waals surface area contributed by atoms with Gasteiger partial charge in [0.25, 0.3) is 17.7 Å². The molecule has 3 aliphatic heterocycles. The average molecular weight is 1470 g/mol. The number of alkyl halides is 3. The quantitative estimate of drug-likeness (QED) is 0.0529. The van der Waals surface area contributed by atoms with Crippen LogP contribution >= 0.6 is 34.8 Å². The number of amides is 3. The molecular formula is C79H73Cl3F3N3O15. The Hall–Kier alpha value is -10.4. The number of carbonyl (C=O) groups excluding carboxylic acids is 3. The zero-order valence-electron chi connectivity index (χ0n) is 57.3. The SMILES string of the molecule is COc1cc2c(cc1OC)C(COc1ccc(OCc3c4c(cc(OC)c3OC)C(COc3ccc(OCc5c6c(cc(OC)c5OC)C(COc5ccc(OC(F)(F)F)cc5)N(C(=O)c5cccc(Cl)c5)CC6)cc3)N(C(=O)c3ccc(Cl)c(Cl)c3)CC4)cc1)N(C(=O)c1cccc(C)c1)CC2. The largest absolute Gasteiger partial charge is 0.573 e. The van der Waals surface area contributed by atoms with Crippen LogP contribution < -0.4 is 56.8 Å². The number of benzene rings is 9. The lowest BCUT2D eigenvalue weighted by Gasteiger charge is -2.39. The van der Waals surface area contributed by atoms with Crippen molar-refractivity contribution < 1.29 is 84.4 Å². The minimum absolute atomic E-state index is 0.0104. The molecule has 0 aliphatic carbocycles. The molecule has 24 heteroatoms. The molecule has 0 radical (unpaired) electrons. The van der Waals surface area contributed by atoms with Gasteiger partial charge in [-0.05, 0) is 205 Å². The second-order valence-electron chi connectivity index (χ2n) is 24.5. The highest BCUT2D eigenvalue weighted by Crippen LogP contribution is 2.47. The molecule has 536 valence electrons. The van der Waals surface area contributed by atoms with Crippen LogP contribution in [0.15, 0.2) is 164 Å². The molecule has 3 heterocycles. The Bertz CT molecular complexity index is 4580. The first-order valence-electron chi connectivity index (χ1n) is 32.9. The monoisotopic (exact) mass is 1470 g/mol. The zero-order chi connectivity index (χ0) is 72.6. The fraction of sp³-hybridized carbons (Fsp3) is 0.278. The fourth-order valence-corrected chi connectivity index (χ4v) is 14.0. The summed E-state index contributed by atoms with van der Waals surface area (Å²) < 4.78 is 111. The first-order valence-corrected chi connectivity index (χ1v) is 34.1. The van der Waals surface area contributed by atoms with Gasteiger partial charge >= 0.3 is 6.36 Å². The van der Waals surface area contributed by atoms with E-state index >= 15 is 0 Å². The molecule has 3 unspecified atom stereocenters. The Balaban J connectivity index is 0.779. The number of nitrogens with zero attached hydrogens (tertiary/aromatic N) is 3. The van der Waals surface area contributed by atoms with Gasteiger partial charge in [0.2, 0.25) is 0 Å². The van der Waals surface area contributed by atoms with Crippen LogP contribution in [0.4, 0.5) is 13.2 Å². The van der Waals surface area contributed by atoms with Crippen LogP contribution in [0, 0.1) is 6.92 Å². The van der Waals surface area contributed by atoms with E-state index in [0.29, 0.717) is 127 Å². The number of aryl methyl sites for hydroxylation is 1. The Morgan fingerprint density at radius 2 is 0.816 bits per heavy atom. The lowest BCUT2D eigenvalue weighted by Crippen LogP contribution is -2.43. The van der Waals surface area contributed by atoms with Gasteiger partial charge in [-0.1, -0.05) is 58.6 Å². The normalized spacial score (nSPS) is 15.3. The van der Waals surface area contributed by atoms with Crippen molar-refractivity contribution in [1.82, 2.24) is 14.7 Å². The van der Waals surface area contributed by atoms with Crippen molar-refractivity contribution in [3.05, 3.63) is 246 Å². The zero-order valence-corrected chi connectivity index (χ0v) is 59.6. The molecule has 0 spiro atoms. The van der Waals surface area contributed by atoms with Gasteiger partial charge in [-0.3, -0.25) is 14.4 Å². The molecule has 0 fully saturated rings. The predicted octanol–water partition coefficient (Wildman–Crippen LogP) is 16.5. The summed E-state index contributed by atoms with van der Waals surface area (Å²) in [5.41, 5.74) is 8.65. The van der Waals surface area contributed by atoms with E-state index in [-0.39, 0.29) is 74.6 Å². The van der Waals surface area contributed by atoms with Crippen molar-refractivity contribution in [2.45, 2.75) is 63.9 Å². The van der Waals surface area contributed by atoms with E-state index in [9.17, 15) is 27.6 Å². The van der Waals surface area contributed by atoms with E-state index < -0.39 is 30.2 Å². The molecule has 9 aromatic rings. The number of rotatable bonds is 25. The van der Waals surface area contributed by atoms with Crippen molar-refractivity contribution in [3.8, 4) is 69.0 Å². The molecule has 9 aromatic carbocycles. The maximum absolute atomic E-state index is 14.8. The average Bonchev–Trinajstić information content (AvgIpc) is 0.756. The maximum atomic E-state index is 14.8. The third kappa shape index (κ3) is 16.1. The Labute approximate surface area is 609 Å². The topological polar surface area (TPSA) is 172 Å². The molecule has 0 saturated heterocycles. The summed E-state index contributed by atoms with van der Waals surface area (Å²) in [5.74, 6) is 3.89. The number of halogens is 6. The van der Waals surface area contributed by atoms with Crippen LogP contribution in [0.25, 0.3) is 0 Å². The van der Waals surface area contributed by atoms with Gasteiger partial charge in [-0.2, -0.15) is 0 Å². The molecular weight excluding hydrogens is 1390 g/mol. The molecule has 0 N–H and O–H groups in total. The molecule has 12 rings (SSSR count). The highest BCUT2D eigenvalue weighted by molar-refractivity contribution is 6.42. The van der Waals surface area contributed by atoms with E-state index in [1.165, 1.54) is 26.4 Å². The van der Waals surface area contributed by atoms with Gasteiger partial charge in [0, 0.05) is 52.5 Å². The highest BCUT2D eigenvalue weighted by atomic mass is 35.5. The minimum atomic E-state index is -4.88. The van der Waals surface area contributed by atoms with Crippen LogP contribution in [-0.4, -0.2) is 121 Å². The molecule has 3 amide bonds. The molecule has 0 saturated carbocycles. The first-order chi connectivity index (χ1) is 49.8. The summed E-state index contributed by atoms with van der Waals surface area (Å²) in [6, 6.07) is 43.9. The van der Waals surface area contributed by atoms with Crippen molar-refractivity contribution in [3.63, 3.8) is 0 Å². The summed E-state index contributed by atoms with van der Waals surface area (Å²) in [4.78, 5) is 48.7. The second-order valence-corrected chi connectivity index (χ2v) is 25.7. The number of hydrogen-bond acceptors (Lipinski definition) is 15. The van der Waals surface area contributed by atoms with Gasteiger partial charge in [-0.25, -0.2) is 0 Å². The molecule has 18 nitrogen and oxygen atoms in total. The van der Waals surface area contributed by atoms with Gasteiger partial charge in [0.15, 0.2) is 34.5 Å². The lowest BCUT2D eigenvalue weighted by molar-refractivity contribution is -0.274. The summed E-state index contributed by atoms with van der Waals surface area (Å²) >= 11 is 19.2. The van der Waals surface area contributed by atoms with Gasteiger partial charge < -0.3 is 71.5 Å². The molecule has 3 aliphatic rings. The van der Waals surface area contributed by atoms with E-state index in [1.54, 1.807) is 111 Å². The Morgan fingerprint density at radius 1 is 0.417 bits per heavy atom. The van der Waals surface area contributed by atoms with Gasteiger partial charge in [0.05, 0.1) is 70.8 Å². The van der Waals surface area contributed by atoms with Gasteiger partial charge in [-0.15, -0.1) is 13.2 Å². The fourth-order valence-electron chi connectivity index (χ4n) is 13.5. The van der Waals surface area contributed by atoms with Crippen LogP contribution in [0.2, 0.25) is 15.1 Å². The van der Waals surface area contributed by atoms with E-state index in [2.05, 4.69) is 4.74 Å². The van der Waals surface area contributed by atoms with Crippen LogP contribution in [0.1, 0.15) is 99.3 Å². The summed E-state index contributed by atoms with van der Waals surface area (Å²) in [6.07, 6.45) is -3.49. The third-order valence-electron chi connectivity index (χ3n) is 18.5. The Morgan fingerprint density at radius 3 is 1.24 bits per heavy atom. The third-order valence-corrected chi connectivity index (χ3v) is 19.5. The second kappa shape index (κ2) is 31.9. The van der Waals surface area contributed by atoms with Crippen LogP contribution in [0.5, 0.6) is 69.0 Å². The van der Waals surface area contributed by atoms with Crippen molar-refractivity contribution in [1.29, 1.82) is 0 Å². The number of methoxy groups -OCH3 is 6. The molecule has 0 bridgehead atoms. The first kappa shape index (κ1) is 72.4. The summed E-state index contributed by atoms with van der Waals surface area (Å²) in [7, 11) is 9.31. The van der Waals surface area contributed by atoms with E-state index in [1.807, 2.05) is 78.6 Å². The smallest absolute Gasteiger partial charge is 0.493 e. The lowest BCUT2D eigenvalue weighted by atomic mass is 9.87. The number of carbonyl (C=O) groups is 3. The van der Waals surface area contributed by atoms with E-state index in [0.717, 1.165) is 45.5 Å². The number of fused-ring (bicyclic) bond motifs is 3. The Kier molecular flexibility index (Phi) is 22.4. The minimum Gasteiger partial charge on any atom is -0.493 e. The molecule has 3 atom stereocenters. The van der Waals surface area contributed by atoms with Crippen molar-refractivity contribution >= 4 is 52.5 Å². The highest BCUT2D eigenvalue weighted by Gasteiger charge is 2.40. The maximum Gasteiger partial charge on any atom is 0.573 e. The summed E-state index contributed by atoms with van der Waals surface area (Å²) in [6.45, 7) is 2.98. The number of hydrogen-bond donors (Lipinski definition) is 0. The van der Waals surface area contributed by atoms with E-state index in [4.69, 9.17) is 86.9 Å². The standard InChI is InChI=1S/C79H73Cl3F3N3O15/c1-46-10-8-11-48(34-46)76(89)86-31-28-47-37-70(92-2)71(93-3)38-60(47)67(86)43-100-54-19-15-52(16-20-54)98-42-64-59-30-33-88(78(91)50-14-27-65(81)66(82)36-50)69(62(59)40-73(95-5)75(64)97-7)45-101-55-21-17-53(18-22-55)99-41-63-58-29-32-87(77(90)49-12-9-13-51(80)35-49)68(61(58)39-72(94-4)74(63)96-6)44-102-56-23-25-57(26-24-56)103-79(83,84)85/h8-27,34-40,67-69H,28-33,41-45H2,1-7H3. The van der Waals surface area contributed by atoms with Crippen molar-refractivity contribution in [2.24, 2.45) is 0 Å². The van der Waals surface area contributed by atoms with Crippen LogP contribution in [0.3, 0.4) is 0 Å². The molecule has 103 heavy (non-hydrogen) atoms. The number of ether oxygens (including phenoxy) is 12. The van der Waals surface area contributed by atoms with Crippen molar-refractivity contribution in [2.75, 3.05) is 82.1 Å². The predicted molar refractivity (Wildman–Crippen MR) is 381 cm³/mol. The van der Waals surface area contributed by atoms with Gasteiger partial charge in [0.1, 0.15) is 67.5 Å². The van der Waals surface area contributed by atoms with Crippen LogP contribution in [-0.2, 0) is 32.5 Å². The molecule has 0 aromatic heterocycles. The summed E-state index contributed by atoms with van der Waals surface area (Å²) in [5, 5.41) is 0.893.